The zero-order valence-corrected chi connectivity index (χ0v) is 25.1. The minimum atomic E-state index is -3.49. The Morgan fingerprint density at radius 2 is 1.75 bits per heavy atom. The molecule has 2 fully saturated rings. The number of thiazole rings is 1. The lowest BCUT2D eigenvalue weighted by molar-refractivity contribution is 0.402. The Morgan fingerprint density at radius 1 is 0.975 bits per heavy atom. The summed E-state index contributed by atoms with van der Waals surface area (Å²) in [6.07, 6.45) is 6.76. The second-order valence-electron chi connectivity index (χ2n) is 11.7. The molecule has 3 aromatic heterocycles. The van der Waals surface area contributed by atoms with Crippen LogP contribution in [0.3, 0.4) is 0 Å². The van der Waals surface area contributed by atoms with Crippen molar-refractivity contribution in [1.29, 1.82) is 0 Å². The van der Waals surface area contributed by atoms with E-state index in [0.29, 0.717) is 16.8 Å². The molecular weight excluding hydrogens is 541 g/mol. The van der Waals surface area contributed by atoms with Gasteiger partial charge in [-0.15, -0.1) is 11.3 Å². The van der Waals surface area contributed by atoms with Crippen LogP contribution in [0.1, 0.15) is 57.3 Å². The number of hydrogen-bond donors (Lipinski definition) is 2. The first-order chi connectivity index (χ1) is 19.1. The van der Waals surface area contributed by atoms with Crippen LogP contribution < -0.4 is 10.6 Å². The number of nitrogens with one attached hydrogen (secondary N) is 2. The summed E-state index contributed by atoms with van der Waals surface area (Å²) in [6, 6.07) is 10.9. The van der Waals surface area contributed by atoms with Crippen molar-refractivity contribution in [1.82, 2.24) is 19.9 Å². The van der Waals surface area contributed by atoms with Gasteiger partial charge in [-0.2, -0.15) is 4.98 Å². The van der Waals surface area contributed by atoms with Crippen LogP contribution in [0.5, 0.6) is 0 Å². The van der Waals surface area contributed by atoms with Gasteiger partial charge in [-0.3, -0.25) is 4.98 Å². The van der Waals surface area contributed by atoms with E-state index in [1.54, 1.807) is 35.6 Å². The van der Waals surface area contributed by atoms with Gasteiger partial charge in [-0.05, 0) is 89.8 Å². The third kappa shape index (κ3) is 5.07. The molecule has 2 aliphatic rings. The molecule has 0 bridgehead atoms. The summed E-state index contributed by atoms with van der Waals surface area (Å²) in [4.78, 5) is 19.5. The van der Waals surface area contributed by atoms with Crippen molar-refractivity contribution in [3.63, 3.8) is 0 Å². The second-order valence-corrected chi connectivity index (χ2v) is 15.3. The number of fused-ring (bicyclic) bond motifs is 1. The first kappa shape index (κ1) is 27.1. The summed E-state index contributed by atoms with van der Waals surface area (Å²) in [7, 11) is -3.49. The summed E-state index contributed by atoms with van der Waals surface area (Å²) < 4.78 is 27.4. The van der Waals surface area contributed by atoms with Crippen LogP contribution in [0.15, 0.2) is 47.5 Å². The third-order valence-corrected chi connectivity index (χ3v) is 12.2. The molecule has 3 heterocycles. The van der Waals surface area contributed by atoms with Crippen LogP contribution in [0.4, 0.5) is 11.8 Å². The number of benzene rings is 1. The van der Waals surface area contributed by atoms with E-state index >= 15 is 0 Å². The smallest absolute Gasteiger partial charge is 0.224 e. The third-order valence-electron chi connectivity index (χ3n) is 8.54. The van der Waals surface area contributed by atoms with Crippen molar-refractivity contribution in [2.24, 2.45) is 11.8 Å². The molecule has 210 valence electrons. The Labute approximate surface area is 240 Å². The van der Waals surface area contributed by atoms with Gasteiger partial charge in [0.25, 0.3) is 0 Å². The SMILES string of the molecule is Cc1nc(NCC2CC2)nc(N[C@H]2CC[C@@H](C(C)(C)S(=O)(=O)c3ccccc3)C2)c1-c1nc2c(C)nccc2s1. The van der Waals surface area contributed by atoms with E-state index in [2.05, 4.69) is 15.6 Å². The normalized spacial score (nSPS) is 19.7. The molecule has 2 N–H and O–H groups in total. The lowest BCUT2D eigenvalue weighted by Gasteiger charge is -2.31. The van der Waals surface area contributed by atoms with Crippen LogP contribution in [-0.2, 0) is 9.84 Å². The average molecular weight is 577 g/mol. The maximum Gasteiger partial charge on any atom is 0.224 e. The highest BCUT2D eigenvalue weighted by molar-refractivity contribution is 7.92. The summed E-state index contributed by atoms with van der Waals surface area (Å²) >= 11 is 1.62. The number of sulfone groups is 1. The number of aromatic nitrogens is 4. The van der Waals surface area contributed by atoms with E-state index in [1.165, 1.54) is 12.8 Å². The van der Waals surface area contributed by atoms with E-state index in [0.717, 1.165) is 63.8 Å². The van der Waals surface area contributed by atoms with E-state index in [4.69, 9.17) is 15.0 Å². The van der Waals surface area contributed by atoms with Gasteiger partial charge >= 0.3 is 0 Å². The fourth-order valence-electron chi connectivity index (χ4n) is 5.72. The molecule has 0 saturated heterocycles. The zero-order valence-electron chi connectivity index (χ0n) is 23.4. The Balaban J connectivity index is 1.30. The Bertz CT molecular complexity index is 1650. The van der Waals surface area contributed by atoms with Crippen LogP contribution in [0, 0.1) is 25.7 Å². The average Bonchev–Trinajstić information content (AvgIpc) is 3.46. The molecule has 40 heavy (non-hydrogen) atoms. The van der Waals surface area contributed by atoms with Crippen molar-refractivity contribution in [3.05, 3.63) is 54.0 Å². The Morgan fingerprint density at radius 3 is 2.48 bits per heavy atom. The van der Waals surface area contributed by atoms with Crippen molar-refractivity contribution in [3.8, 4) is 10.6 Å². The molecule has 4 aromatic rings. The number of pyridine rings is 1. The minimum absolute atomic E-state index is 0.0187. The second kappa shape index (κ2) is 10.4. The molecular formula is C30H36N6O2S2. The van der Waals surface area contributed by atoms with Gasteiger partial charge in [-0.25, -0.2) is 18.4 Å². The largest absolute Gasteiger partial charge is 0.367 e. The monoisotopic (exact) mass is 576 g/mol. The molecule has 0 unspecified atom stereocenters. The lowest BCUT2D eigenvalue weighted by atomic mass is 9.93. The molecule has 0 aliphatic heterocycles. The number of rotatable bonds is 9. The van der Waals surface area contributed by atoms with E-state index in [1.807, 2.05) is 46.0 Å². The van der Waals surface area contributed by atoms with Gasteiger partial charge in [0.15, 0.2) is 9.84 Å². The highest BCUT2D eigenvalue weighted by Gasteiger charge is 2.46. The lowest BCUT2D eigenvalue weighted by Crippen LogP contribution is -2.39. The number of aryl methyl sites for hydroxylation is 2. The minimum Gasteiger partial charge on any atom is -0.367 e. The highest BCUT2D eigenvalue weighted by Crippen LogP contribution is 2.43. The Kier molecular flexibility index (Phi) is 7.02. The molecule has 10 heteroatoms. The van der Waals surface area contributed by atoms with Crippen molar-refractivity contribution >= 4 is 43.2 Å². The van der Waals surface area contributed by atoms with Crippen molar-refractivity contribution in [2.75, 3.05) is 17.2 Å². The maximum atomic E-state index is 13.6. The molecule has 2 atom stereocenters. The van der Waals surface area contributed by atoms with Gasteiger partial charge in [-0.1, -0.05) is 18.2 Å². The molecule has 0 radical (unpaired) electrons. The molecule has 0 amide bonds. The van der Waals surface area contributed by atoms with E-state index in [9.17, 15) is 8.42 Å². The predicted octanol–water partition coefficient (Wildman–Crippen LogP) is 6.42. The zero-order chi connectivity index (χ0) is 28.1. The van der Waals surface area contributed by atoms with E-state index in [-0.39, 0.29) is 12.0 Å². The molecule has 2 aliphatic carbocycles. The first-order valence-corrected chi connectivity index (χ1v) is 16.3. The van der Waals surface area contributed by atoms with Gasteiger partial charge in [0.2, 0.25) is 5.95 Å². The van der Waals surface area contributed by atoms with Crippen molar-refractivity contribution < 1.29 is 8.42 Å². The summed E-state index contributed by atoms with van der Waals surface area (Å²) in [5.74, 6) is 2.09. The summed E-state index contributed by atoms with van der Waals surface area (Å²) in [6.45, 7) is 8.61. The fourth-order valence-corrected chi connectivity index (χ4v) is 8.61. The van der Waals surface area contributed by atoms with E-state index < -0.39 is 14.6 Å². The molecule has 6 rings (SSSR count). The van der Waals surface area contributed by atoms with Gasteiger partial charge in [0.05, 0.1) is 31.3 Å². The topological polar surface area (TPSA) is 110 Å². The number of hydrogen-bond acceptors (Lipinski definition) is 9. The van der Waals surface area contributed by atoms with Crippen LogP contribution >= 0.6 is 11.3 Å². The quantitative estimate of drug-likeness (QED) is 0.235. The number of nitrogens with zero attached hydrogens (tertiary/aromatic N) is 4. The van der Waals surface area contributed by atoms with Gasteiger partial charge < -0.3 is 10.6 Å². The van der Waals surface area contributed by atoms with Crippen LogP contribution in [-0.4, -0.2) is 45.7 Å². The molecule has 2 saturated carbocycles. The van der Waals surface area contributed by atoms with Gasteiger partial charge in [0, 0.05) is 18.8 Å². The molecule has 8 nitrogen and oxygen atoms in total. The number of anilines is 2. The Hall–Kier alpha value is -3.11. The maximum absolute atomic E-state index is 13.6. The summed E-state index contributed by atoms with van der Waals surface area (Å²) in [5, 5.41) is 8.00. The van der Waals surface area contributed by atoms with Crippen LogP contribution in [0.2, 0.25) is 0 Å². The highest BCUT2D eigenvalue weighted by atomic mass is 32.2. The molecule has 0 spiro atoms. The van der Waals surface area contributed by atoms with Gasteiger partial charge in [0.1, 0.15) is 16.3 Å². The fraction of sp³-hybridized carbons (Fsp3) is 0.467. The molecule has 1 aromatic carbocycles. The predicted molar refractivity (Wildman–Crippen MR) is 162 cm³/mol. The standard InChI is InChI=1S/C30H36N6O2S2/c1-18-25(28-35-26-19(2)31-15-14-24(26)39-28)27(36-29(33-18)32-17-20-10-11-20)34-22-13-12-21(16-22)30(3,4)40(37,38)23-8-6-5-7-9-23/h5-9,14-15,20-22H,10-13,16-17H2,1-4H3,(H2,32,33,34,36)/t21-,22+/m1/s1. The van der Waals surface area contributed by atoms with Crippen LogP contribution in [0.25, 0.3) is 20.8 Å². The summed E-state index contributed by atoms with van der Waals surface area (Å²) in [5.41, 5.74) is 3.56. The first-order valence-electron chi connectivity index (χ1n) is 14.0. The van der Waals surface area contributed by atoms with Crippen molar-refractivity contribution in [2.45, 2.75) is 75.5 Å².